The number of esters is 1. The van der Waals surface area contributed by atoms with Crippen LogP contribution in [-0.2, 0) is 11.2 Å². The van der Waals surface area contributed by atoms with Gasteiger partial charge in [-0.1, -0.05) is 32.1 Å². The van der Waals surface area contributed by atoms with Gasteiger partial charge in [-0.2, -0.15) is 0 Å². The lowest BCUT2D eigenvalue weighted by Gasteiger charge is -2.20. The Morgan fingerprint density at radius 2 is 2.17 bits per heavy atom. The summed E-state index contributed by atoms with van der Waals surface area (Å²) in [6.07, 6.45) is 8.86. The van der Waals surface area contributed by atoms with E-state index in [4.69, 9.17) is 5.73 Å². The lowest BCUT2D eigenvalue weighted by Crippen LogP contribution is -2.07. The molecule has 18 heavy (non-hydrogen) atoms. The van der Waals surface area contributed by atoms with Gasteiger partial charge in [0, 0.05) is 0 Å². The molecule has 4 nitrogen and oxygen atoms in total. The predicted octanol–water partition coefficient (Wildman–Crippen LogP) is 3.02. The number of methoxy groups -OCH3 is 1. The fourth-order valence-electron chi connectivity index (χ4n) is 2.53. The number of anilines is 1. The second-order valence-electron chi connectivity index (χ2n) is 4.85. The lowest BCUT2D eigenvalue weighted by atomic mass is 9.86. The van der Waals surface area contributed by atoms with E-state index < -0.39 is 5.97 Å². The molecule has 0 bridgehead atoms. The van der Waals surface area contributed by atoms with Gasteiger partial charge in [-0.25, -0.2) is 9.78 Å². The van der Waals surface area contributed by atoms with Crippen molar-refractivity contribution in [2.24, 2.45) is 5.92 Å². The number of carbonyl (C=O) groups is 1. The van der Waals surface area contributed by atoms with Crippen LogP contribution in [-0.4, -0.2) is 18.1 Å². The molecular formula is C13H20N2O2S. The van der Waals surface area contributed by atoms with Crippen LogP contribution in [0.5, 0.6) is 0 Å². The van der Waals surface area contributed by atoms with E-state index in [-0.39, 0.29) is 5.69 Å². The Bertz CT molecular complexity index is 411. The average molecular weight is 268 g/mol. The number of aryl methyl sites for hydroxylation is 1. The van der Waals surface area contributed by atoms with Crippen LogP contribution in [0.1, 0.15) is 54.0 Å². The number of nitrogen functional groups attached to an aromatic ring is 1. The fraction of sp³-hybridized carbons (Fsp3) is 0.692. The van der Waals surface area contributed by atoms with Crippen molar-refractivity contribution in [2.45, 2.75) is 44.9 Å². The SMILES string of the molecule is COC(=O)c1nc(CCC2CCCCC2)sc1N. The van der Waals surface area contributed by atoms with E-state index in [0.29, 0.717) is 5.00 Å². The number of aromatic nitrogens is 1. The zero-order valence-electron chi connectivity index (χ0n) is 10.8. The highest BCUT2D eigenvalue weighted by atomic mass is 32.1. The highest BCUT2D eigenvalue weighted by Crippen LogP contribution is 2.29. The molecule has 100 valence electrons. The van der Waals surface area contributed by atoms with Crippen molar-refractivity contribution in [2.75, 3.05) is 12.8 Å². The second kappa shape index (κ2) is 6.18. The van der Waals surface area contributed by atoms with Crippen molar-refractivity contribution < 1.29 is 9.53 Å². The normalized spacial score (nSPS) is 16.7. The molecule has 0 radical (unpaired) electrons. The number of carbonyl (C=O) groups excluding carboxylic acids is 1. The van der Waals surface area contributed by atoms with Crippen LogP contribution in [0.25, 0.3) is 0 Å². The number of ether oxygens (including phenoxy) is 1. The van der Waals surface area contributed by atoms with E-state index >= 15 is 0 Å². The van der Waals surface area contributed by atoms with Crippen molar-refractivity contribution >= 4 is 22.3 Å². The largest absolute Gasteiger partial charge is 0.464 e. The molecule has 1 aromatic rings. The van der Waals surface area contributed by atoms with E-state index in [1.807, 2.05) is 0 Å². The lowest BCUT2D eigenvalue weighted by molar-refractivity contribution is 0.0596. The maximum absolute atomic E-state index is 11.4. The third kappa shape index (κ3) is 3.22. The summed E-state index contributed by atoms with van der Waals surface area (Å²) >= 11 is 1.41. The molecule has 1 saturated carbocycles. The number of nitrogens with zero attached hydrogens (tertiary/aromatic N) is 1. The smallest absolute Gasteiger partial charge is 0.359 e. The Labute approximate surface area is 112 Å². The fourth-order valence-corrected chi connectivity index (χ4v) is 3.37. The predicted molar refractivity (Wildman–Crippen MR) is 72.8 cm³/mol. The monoisotopic (exact) mass is 268 g/mol. The Morgan fingerprint density at radius 3 is 2.83 bits per heavy atom. The molecule has 0 saturated heterocycles. The standard InChI is InChI=1S/C13H20N2O2S/c1-17-13(16)11-12(14)18-10(15-11)8-7-9-5-3-2-4-6-9/h9H,2-8,14H2,1H3. The number of rotatable bonds is 4. The van der Waals surface area contributed by atoms with Gasteiger partial charge >= 0.3 is 5.97 Å². The molecule has 1 aromatic heterocycles. The van der Waals surface area contributed by atoms with Crippen LogP contribution in [0.3, 0.4) is 0 Å². The first-order chi connectivity index (χ1) is 8.70. The molecule has 0 atom stereocenters. The zero-order chi connectivity index (χ0) is 13.0. The summed E-state index contributed by atoms with van der Waals surface area (Å²) in [7, 11) is 1.35. The number of nitrogens with two attached hydrogens (primary N) is 1. The van der Waals surface area contributed by atoms with Gasteiger partial charge in [0.25, 0.3) is 0 Å². The maximum atomic E-state index is 11.4. The molecule has 1 aliphatic rings. The molecular weight excluding hydrogens is 248 g/mol. The van der Waals surface area contributed by atoms with E-state index in [9.17, 15) is 4.79 Å². The minimum Gasteiger partial charge on any atom is -0.464 e. The number of hydrogen-bond acceptors (Lipinski definition) is 5. The summed E-state index contributed by atoms with van der Waals surface area (Å²) in [5.74, 6) is 0.387. The average Bonchev–Trinajstić information content (AvgIpc) is 2.78. The van der Waals surface area contributed by atoms with Gasteiger partial charge < -0.3 is 10.5 Å². The first-order valence-electron chi connectivity index (χ1n) is 6.54. The van der Waals surface area contributed by atoms with Crippen LogP contribution >= 0.6 is 11.3 Å². The first kappa shape index (κ1) is 13.3. The molecule has 5 heteroatoms. The molecule has 0 spiro atoms. The highest BCUT2D eigenvalue weighted by Gasteiger charge is 2.18. The quantitative estimate of drug-likeness (QED) is 0.852. The van der Waals surface area contributed by atoms with Gasteiger partial charge in [0.2, 0.25) is 0 Å². The van der Waals surface area contributed by atoms with E-state index in [1.54, 1.807) is 0 Å². The highest BCUT2D eigenvalue weighted by molar-refractivity contribution is 7.15. The summed E-state index contributed by atoms with van der Waals surface area (Å²) in [6, 6.07) is 0. The molecule has 0 aromatic carbocycles. The van der Waals surface area contributed by atoms with Crippen LogP contribution in [0, 0.1) is 5.92 Å². The number of hydrogen-bond donors (Lipinski definition) is 1. The summed E-state index contributed by atoms with van der Waals surface area (Å²) < 4.78 is 4.65. The van der Waals surface area contributed by atoms with Crippen molar-refractivity contribution in [1.82, 2.24) is 4.98 Å². The topological polar surface area (TPSA) is 65.2 Å². The van der Waals surface area contributed by atoms with Gasteiger partial charge in [0.1, 0.15) is 5.00 Å². The van der Waals surface area contributed by atoms with Crippen LogP contribution in [0.4, 0.5) is 5.00 Å². The van der Waals surface area contributed by atoms with Gasteiger partial charge in [-0.15, -0.1) is 11.3 Å². The molecule has 1 fully saturated rings. The van der Waals surface area contributed by atoms with Crippen molar-refractivity contribution in [3.8, 4) is 0 Å². The first-order valence-corrected chi connectivity index (χ1v) is 7.36. The molecule has 2 N–H and O–H groups in total. The number of thiazole rings is 1. The van der Waals surface area contributed by atoms with Crippen molar-refractivity contribution in [3.63, 3.8) is 0 Å². The van der Waals surface area contributed by atoms with Crippen LogP contribution in [0.2, 0.25) is 0 Å². The maximum Gasteiger partial charge on any atom is 0.359 e. The molecule has 1 aliphatic carbocycles. The second-order valence-corrected chi connectivity index (χ2v) is 5.97. The summed E-state index contributed by atoms with van der Waals surface area (Å²) in [5.41, 5.74) is 6.06. The molecule has 0 unspecified atom stereocenters. The molecule has 0 aliphatic heterocycles. The van der Waals surface area contributed by atoms with E-state index in [2.05, 4.69) is 9.72 Å². The Balaban J connectivity index is 1.91. The minimum atomic E-state index is -0.437. The molecule has 1 heterocycles. The summed E-state index contributed by atoms with van der Waals surface area (Å²) in [4.78, 5) is 15.7. The van der Waals surface area contributed by atoms with Gasteiger partial charge in [0.05, 0.1) is 12.1 Å². The Hall–Kier alpha value is -1.10. The van der Waals surface area contributed by atoms with Gasteiger partial charge in [-0.05, 0) is 18.8 Å². The van der Waals surface area contributed by atoms with Crippen molar-refractivity contribution in [1.29, 1.82) is 0 Å². The minimum absolute atomic E-state index is 0.279. The third-order valence-corrected chi connectivity index (χ3v) is 4.51. The Morgan fingerprint density at radius 1 is 1.44 bits per heavy atom. The third-order valence-electron chi connectivity index (χ3n) is 3.57. The van der Waals surface area contributed by atoms with Crippen LogP contribution in [0.15, 0.2) is 0 Å². The van der Waals surface area contributed by atoms with Gasteiger partial charge in [0.15, 0.2) is 5.69 Å². The van der Waals surface area contributed by atoms with Gasteiger partial charge in [-0.3, -0.25) is 0 Å². The molecule has 2 rings (SSSR count). The van der Waals surface area contributed by atoms with Crippen LogP contribution < -0.4 is 5.73 Å². The summed E-state index contributed by atoms with van der Waals surface area (Å²) in [5, 5.41) is 1.43. The van der Waals surface area contributed by atoms with E-state index in [0.717, 1.165) is 23.8 Å². The van der Waals surface area contributed by atoms with E-state index in [1.165, 1.54) is 50.6 Å². The molecule has 0 amide bonds. The Kier molecular flexibility index (Phi) is 4.58. The zero-order valence-corrected chi connectivity index (χ0v) is 11.6. The summed E-state index contributed by atoms with van der Waals surface area (Å²) in [6.45, 7) is 0. The van der Waals surface area contributed by atoms with Crippen molar-refractivity contribution in [3.05, 3.63) is 10.7 Å².